The number of ketones is 1. The van der Waals surface area contributed by atoms with Gasteiger partial charge in [-0.15, -0.1) is 0 Å². The van der Waals surface area contributed by atoms with E-state index in [0.717, 1.165) is 18.5 Å². The number of carbonyl (C=O) groups is 1. The van der Waals surface area contributed by atoms with Crippen molar-refractivity contribution >= 4 is 11.6 Å². The van der Waals surface area contributed by atoms with Crippen molar-refractivity contribution in [2.45, 2.75) is 19.3 Å². The molecule has 0 bridgehead atoms. The molecule has 0 radical (unpaired) electrons. The second-order valence-corrected chi connectivity index (χ2v) is 3.47. The second kappa shape index (κ2) is 4.21. The van der Waals surface area contributed by atoms with E-state index in [0.29, 0.717) is 12.2 Å². The van der Waals surface area contributed by atoms with E-state index in [1.807, 2.05) is 0 Å². The zero-order valence-electron chi connectivity index (χ0n) is 8.16. The molecule has 0 fully saturated rings. The zero-order valence-corrected chi connectivity index (χ0v) is 8.16. The largest absolute Gasteiger partial charge is 0.344 e. The van der Waals surface area contributed by atoms with Crippen molar-refractivity contribution in [2.24, 2.45) is 0 Å². The maximum Gasteiger partial charge on any atom is 0.157 e. The highest BCUT2D eigenvalue weighted by Gasteiger charge is 2.10. The van der Waals surface area contributed by atoms with Gasteiger partial charge in [0.15, 0.2) is 5.78 Å². The van der Waals surface area contributed by atoms with Crippen LogP contribution < -0.4 is 5.32 Å². The topological polar surface area (TPSA) is 42.0 Å². The van der Waals surface area contributed by atoms with Crippen molar-refractivity contribution in [1.29, 1.82) is 0 Å². The third kappa shape index (κ3) is 2.62. The van der Waals surface area contributed by atoms with Gasteiger partial charge in [0.2, 0.25) is 0 Å². The quantitative estimate of drug-likeness (QED) is 0.807. The summed E-state index contributed by atoms with van der Waals surface area (Å²) in [4.78, 5) is 15.1. The summed E-state index contributed by atoms with van der Waals surface area (Å²) in [6.07, 6.45) is 5.21. The molecule has 0 aromatic carbocycles. The summed E-state index contributed by atoms with van der Waals surface area (Å²) in [7, 11) is 0. The summed E-state index contributed by atoms with van der Waals surface area (Å²) in [5, 5.41) is 2.94. The fourth-order valence-corrected chi connectivity index (χ4v) is 1.53. The zero-order chi connectivity index (χ0) is 10.7. The van der Waals surface area contributed by atoms with Crippen LogP contribution in [0, 0.1) is 5.82 Å². The van der Waals surface area contributed by atoms with Gasteiger partial charge in [-0.25, -0.2) is 9.37 Å². The number of hydrogen-bond acceptors (Lipinski definition) is 3. The lowest BCUT2D eigenvalue weighted by molar-refractivity contribution is -0.115. The molecule has 2 rings (SSSR count). The molecule has 1 aromatic rings. The van der Waals surface area contributed by atoms with E-state index in [9.17, 15) is 9.18 Å². The minimum Gasteiger partial charge on any atom is -0.344 e. The smallest absolute Gasteiger partial charge is 0.157 e. The Morgan fingerprint density at radius 3 is 3.00 bits per heavy atom. The van der Waals surface area contributed by atoms with Crippen molar-refractivity contribution in [3.63, 3.8) is 0 Å². The van der Waals surface area contributed by atoms with Crippen LogP contribution >= 0.6 is 0 Å². The van der Waals surface area contributed by atoms with E-state index in [2.05, 4.69) is 10.3 Å². The molecule has 0 aliphatic heterocycles. The van der Waals surface area contributed by atoms with Crippen LogP contribution in [0.5, 0.6) is 0 Å². The van der Waals surface area contributed by atoms with Crippen LogP contribution in [-0.4, -0.2) is 10.8 Å². The minimum absolute atomic E-state index is 0.111. The number of allylic oxidation sites excluding steroid dienone is 2. The molecule has 1 heterocycles. The van der Waals surface area contributed by atoms with Gasteiger partial charge in [-0.05, 0) is 18.9 Å². The molecular formula is C11H11FN2O. The molecule has 4 heteroatoms. The highest BCUT2D eigenvalue weighted by atomic mass is 19.1. The molecule has 0 saturated heterocycles. The lowest BCUT2D eigenvalue weighted by Crippen LogP contribution is -2.09. The van der Waals surface area contributed by atoms with Gasteiger partial charge in [0.25, 0.3) is 0 Å². The summed E-state index contributed by atoms with van der Waals surface area (Å²) in [6.45, 7) is 0. The number of pyridine rings is 1. The summed E-state index contributed by atoms with van der Waals surface area (Å²) >= 11 is 0. The molecular weight excluding hydrogens is 195 g/mol. The van der Waals surface area contributed by atoms with Gasteiger partial charge in [0.1, 0.15) is 11.6 Å². The maximum atomic E-state index is 12.8. The van der Waals surface area contributed by atoms with Crippen molar-refractivity contribution in [3.8, 4) is 0 Å². The Morgan fingerprint density at radius 2 is 2.27 bits per heavy atom. The number of rotatable bonds is 2. The number of halogens is 1. The fraction of sp³-hybridized carbons (Fsp3) is 0.273. The molecule has 1 aliphatic carbocycles. The molecule has 1 aliphatic rings. The van der Waals surface area contributed by atoms with Gasteiger partial charge in [-0.3, -0.25) is 4.79 Å². The summed E-state index contributed by atoms with van der Waals surface area (Å²) in [6, 6.07) is 2.59. The molecule has 1 aromatic heterocycles. The van der Waals surface area contributed by atoms with Gasteiger partial charge >= 0.3 is 0 Å². The third-order valence-electron chi connectivity index (χ3n) is 2.22. The Bertz CT molecular complexity index is 415. The number of carbonyl (C=O) groups excluding carboxylic acids is 1. The summed E-state index contributed by atoms with van der Waals surface area (Å²) in [5.74, 6) is 0.214. The number of hydrogen-bond donors (Lipinski definition) is 1. The third-order valence-corrected chi connectivity index (χ3v) is 2.22. The molecule has 3 nitrogen and oxygen atoms in total. The highest BCUT2D eigenvalue weighted by molar-refractivity contribution is 5.91. The Kier molecular flexibility index (Phi) is 2.76. The molecule has 78 valence electrons. The second-order valence-electron chi connectivity index (χ2n) is 3.47. The number of aromatic nitrogens is 1. The first-order chi connectivity index (χ1) is 7.24. The lowest BCUT2D eigenvalue weighted by atomic mass is 10.0. The normalized spacial score (nSPS) is 16.1. The molecule has 0 amide bonds. The minimum atomic E-state index is -0.338. The summed E-state index contributed by atoms with van der Waals surface area (Å²) in [5.41, 5.74) is 0.810. The monoisotopic (exact) mass is 206 g/mol. The van der Waals surface area contributed by atoms with Gasteiger partial charge < -0.3 is 5.32 Å². The molecule has 0 unspecified atom stereocenters. The van der Waals surface area contributed by atoms with Gasteiger partial charge in [0.05, 0.1) is 0 Å². The van der Waals surface area contributed by atoms with Crippen molar-refractivity contribution in [3.05, 3.63) is 35.9 Å². The van der Waals surface area contributed by atoms with Crippen LogP contribution in [0.1, 0.15) is 19.3 Å². The highest BCUT2D eigenvalue weighted by Crippen LogP contribution is 2.17. The standard InChI is InChI=1S/C11H11FN2O/c12-8-4-5-13-11(6-8)14-9-2-1-3-10(15)7-9/h4-7H,1-3H2,(H,13,14). The van der Waals surface area contributed by atoms with E-state index >= 15 is 0 Å². The van der Waals surface area contributed by atoms with Crippen LogP contribution in [0.15, 0.2) is 30.1 Å². The first-order valence-corrected chi connectivity index (χ1v) is 4.86. The predicted molar refractivity (Wildman–Crippen MR) is 54.8 cm³/mol. The van der Waals surface area contributed by atoms with E-state index in [1.54, 1.807) is 6.08 Å². The average molecular weight is 206 g/mol. The van der Waals surface area contributed by atoms with Crippen LogP contribution in [-0.2, 0) is 4.79 Å². The Balaban J connectivity index is 2.11. The van der Waals surface area contributed by atoms with Gasteiger partial charge in [-0.1, -0.05) is 0 Å². The van der Waals surface area contributed by atoms with Crippen LogP contribution in [0.25, 0.3) is 0 Å². The van der Waals surface area contributed by atoms with Crippen LogP contribution in [0.4, 0.5) is 10.2 Å². The molecule has 1 N–H and O–H groups in total. The maximum absolute atomic E-state index is 12.8. The van der Waals surface area contributed by atoms with Gasteiger partial charge in [0, 0.05) is 30.5 Å². The molecule has 0 spiro atoms. The van der Waals surface area contributed by atoms with E-state index in [4.69, 9.17) is 0 Å². The number of nitrogens with zero attached hydrogens (tertiary/aromatic N) is 1. The number of nitrogens with one attached hydrogen (secondary N) is 1. The van der Waals surface area contributed by atoms with Crippen LogP contribution in [0.2, 0.25) is 0 Å². The van der Waals surface area contributed by atoms with Crippen LogP contribution in [0.3, 0.4) is 0 Å². The average Bonchev–Trinajstić information content (AvgIpc) is 2.17. The first-order valence-electron chi connectivity index (χ1n) is 4.86. The molecule has 0 atom stereocenters. The van der Waals surface area contributed by atoms with Crippen molar-refractivity contribution < 1.29 is 9.18 Å². The van der Waals surface area contributed by atoms with Crippen molar-refractivity contribution in [1.82, 2.24) is 4.98 Å². The Hall–Kier alpha value is -1.71. The molecule has 15 heavy (non-hydrogen) atoms. The van der Waals surface area contributed by atoms with Crippen molar-refractivity contribution in [2.75, 3.05) is 5.32 Å². The summed E-state index contributed by atoms with van der Waals surface area (Å²) < 4.78 is 12.8. The first kappa shape index (κ1) is 9.83. The Morgan fingerprint density at radius 1 is 1.40 bits per heavy atom. The molecule has 0 saturated carbocycles. The van der Waals surface area contributed by atoms with E-state index < -0.39 is 0 Å². The Labute approximate surface area is 87.0 Å². The van der Waals surface area contributed by atoms with E-state index in [-0.39, 0.29) is 11.6 Å². The SMILES string of the molecule is O=C1C=C(Nc2cc(F)ccn2)CCC1. The van der Waals surface area contributed by atoms with Gasteiger partial charge in [-0.2, -0.15) is 0 Å². The lowest BCUT2D eigenvalue weighted by Gasteiger charge is -2.13. The fourth-order valence-electron chi connectivity index (χ4n) is 1.53. The predicted octanol–water partition coefficient (Wildman–Crippen LogP) is 2.27. The van der Waals surface area contributed by atoms with E-state index in [1.165, 1.54) is 18.3 Å². The number of anilines is 1.